The van der Waals surface area contributed by atoms with Crippen LogP contribution in [0.5, 0.6) is 0 Å². The predicted molar refractivity (Wildman–Crippen MR) is 130 cm³/mol. The highest BCUT2D eigenvalue weighted by Crippen LogP contribution is 2.31. The van der Waals surface area contributed by atoms with Gasteiger partial charge in [-0.05, 0) is 31.4 Å². The quantitative estimate of drug-likeness (QED) is 0.119. The first-order valence-corrected chi connectivity index (χ1v) is 12.2. The van der Waals surface area contributed by atoms with Crippen LogP contribution in [0, 0.1) is 64.1 Å². The summed E-state index contributed by atoms with van der Waals surface area (Å²) in [6, 6.07) is 6.56. The van der Waals surface area contributed by atoms with Crippen LogP contribution in [0.3, 0.4) is 0 Å². The van der Waals surface area contributed by atoms with Gasteiger partial charge in [0, 0.05) is 40.6 Å². The molecule has 0 aliphatic heterocycles. The summed E-state index contributed by atoms with van der Waals surface area (Å²) in [6.45, 7) is 0.989. The van der Waals surface area contributed by atoms with Crippen molar-refractivity contribution >= 4 is 22.8 Å². The maximum Gasteiger partial charge on any atom is 0.329 e. The molecule has 0 spiro atoms. The van der Waals surface area contributed by atoms with E-state index < -0.39 is 112 Å². The smallest absolute Gasteiger partial charge is 0.329 e. The molecule has 3 aromatic carbocycles. The number of aromatic amines is 1. The molecule has 1 amide bonds. The number of aromatic nitrogens is 1. The first kappa shape index (κ1) is 31.4. The fourth-order valence-corrected chi connectivity index (χ4v) is 4.62. The molecule has 0 aliphatic rings. The highest BCUT2D eigenvalue weighted by molar-refractivity contribution is 5.90. The lowest BCUT2D eigenvalue weighted by Crippen LogP contribution is -2.55. The van der Waals surface area contributed by atoms with Crippen molar-refractivity contribution in [2.24, 2.45) is 5.92 Å². The Kier molecular flexibility index (Phi) is 8.47. The largest absolute Gasteiger partial charge is 0.480 e. The molecule has 0 radical (unpaired) electrons. The Morgan fingerprint density at radius 2 is 1.16 bits per heavy atom. The molecule has 228 valence electrons. The topological polar surface area (TPSA) is 82.2 Å². The number of H-pyrrole nitrogens is 1. The fourth-order valence-electron chi connectivity index (χ4n) is 4.62. The Balaban J connectivity index is 1.79. The van der Waals surface area contributed by atoms with Gasteiger partial charge in [0.2, 0.25) is 17.5 Å². The van der Waals surface area contributed by atoms with Gasteiger partial charge in [-0.2, -0.15) is 0 Å². The Hall–Kier alpha value is -4.56. The first-order chi connectivity index (χ1) is 20.1. The standard InChI is InChI=1S/C28H18F10N2O3/c1-28(27(42)43,8-11-9-39-15-5-3-2-4-12(11)15)40-26(41)10(6-13-16(29)20(33)24(37)21(34)17(13)30)7-14-18(31)22(35)25(38)23(36)19(14)32/h2-5,9-10,39H,6-8H2,1H3,(H,40,41)(H,42,43)/t28-/m1/s1. The number of carboxylic acid groups (broad SMARTS) is 1. The molecule has 0 fully saturated rings. The average Bonchev–Trinajstić information content (AvgIpc) is 3.38. The highest BCUT2D eigenvalue weighted by atomic mass is 19.2. The van der Waals surface area contributed by atoms with Crippen molar-refractivity contribution in [3.8, 4) is 0 Å². The molecule has 3 N–H and O–H groups in total. The summed E-state index contributed by atoms with van der Waals surface area (Å²) >= 11 is 0. The molecule has 4 rings (SSSR count). The number of carbonyl (C=O) groups excluding carboxylic acids is 1. The number of aliphatic carboxylic acids is 1. The molecular weight excluding hydrogens is 602 g/mol. The molecule has 15 heteroatoms. The molecule has 1 heterocycles. The zero-order valence-corrected chi connectivity index (χ0v) is 21.6. The normalized spacial score (nSPS) is 13.0. The number of carbonyl (C=O) groups is 2. The summed E-state index contributed by atoms with van der Waals surface area (Å²) in [4.78, 5) is 28.5. The molecule has 0 aliphatic carbocycles. The summed E-state index contributed by atoms with van der Waals surface area (Å²) in [6.07, 6.45) is -2.10. The van der Waals surface area contributed by atoms with Gasteiger partial charge in [0.15, 0.2) is 46.5 Å². The lowest BCUT2D eigenvalue weighted by Gasteiger charge is -2.29. The van der Waals surface area contributed by atoms with Gasteiger partial charge in [-0.15, -0.1) is 0 Å². The summed E-state index contributed by atoms with van der Waals surface area (Å²) in [7, 11) is 0. The Morgan fingerprint density at radius 3 is 1.60 bits per heavy atom. The SMILES string of the molecule is C[C@](Cc1c[nH]c2ccccc12)(NC(=O)C(Cc1c(F)c(F)c(F)c(F)c1F)Cc1c(F)c(F)c(F)c(F)c1F)C(=O)O. The minimum Gasteiger partial charge on any atom is -0.480 e. The van der Waals surface area contributed by atoms with Crippen LogP contribution in [0.2, 0.25) is 0 Å². The second-order valence-corrected chi connectivity index (χ2v) is 9.86. The molecule has 1 atom stereocenters. The van der Waals surface area contributed by atoms with E-state index in [9.17, 15) is 58.6 Å². The molecule has 0 saturated heterocycles. The Bertz CT molecular complexity index is 1640. The van der Waals surface area contributed by atoms with Gasteiger partial charge in [-0.1, -0.05) is 18.2 Å². The van der Waals surface area contributed by atoms with Crippen LogP contribution in [0.25, 0.3) is 10.9 Å². The molecule has 43 heavy (non-hydrogen) atoms. The van der Waals surface area contributed by atoms with Crippen LogP contribution in [0.4, 0.5) is 43.9 Å². The summed E-state index contributed by atoms with van der Waals surface area (Å²) in [5.74, 6) is -30.1. The number of fused-ring (bicyclic) bond motifs is 1. The third kappa shape index (κ3) is 5.62. The van der Waals surface area contributed by atoms with Crippen molar-refractivity contribution < 1.29 is 58.6 Å². The fraction of sp³-hybridized carbons (Fsp3) is 0.214. The van der Waals surface area contributed by atoms with E-state index in [0.29, 0.717) is 16.5 Å². The zero-order valence-electron chi connectivity index (χ0n) is 21.6. The molecule has 1 aromatic heterocycles. The van der Waals surface area contributed by atoms with Crippen LogP contribution in [-0.2, 0) is 28.9 Å². The van der Waals surface area contributed by atoms with E-state index in [1.54, 1.807) is 24.3 Å². The van der Waals surface area contributed by atoms with Crippen molar-refractivity contribution in [3.05, 3.63) is 105 Å². The van der Waals surface area contributed by atoms with Crippen LogP contribution in [-0.4, -0.2) is 27.5 Å². The maximum atomic E-state index is 14.5. The minimum atomic E-state index is -2.56. The second kappa shape index (κ2) is 11.6. The molecule has 0 bridgehead atoms. The van der Waals surface area contributed by atoms with E-state index in [-0.39, 0.29) is 0 Å². The van der Waals surface area contributed by atoms with Crippen molar-refractivity contribution in [1.82, 2.24) is 10.3 Å². The zero-order chi connectivity index (χ0) is 32.0. The maximum absolute atomic E-state index is 14.5. The van der Waals surface area contributed by atoms with E-state index >= 15 is 0 Å². The third-order valence-electron chi connectivity index (χ3n) is 6.96. The Morgan fingerprint density at radius 1 is 0.744 bits per heavy atom. The van der Waals surface area contributed by atoms with Gasteiger partial charge in [0.05, 0.1) is 0 Å². The summed E-state index contributed by atoms with van der Waals surface area (Å²) < 4.78 is 141. The monoisotopic (exact) mass is 620 g/mol. The molecule has 0 unspecified atom stereocenters. The van der Waals surface area contributed by atoms with E-state index in [2.05, 4.69) is 4.98 Å². The van der Waals surface area contributed by atoms with Crippen LogP contribution < -0.4 is 5.32 Å². The van der Waals surface area contributed by atoms with E-state index in [0.717, 1.165) is 6.92 Å². The number of hydrogen-bond donors (Lipinski definition) is 3. The third-order valence-corrected chi connectivity index (χ3v) is 6.96. The van der Waals surface area contributed by atoms with E-state index in [1.165, 1.54) is 6.20 Å². The number of carboxylic acids is 1. The number of rotatable bonds is 9. The number of nitrogens with one attached hydrogen (secondary N) is 2. The van der Waals surface area contributed by atoms with Crippen molar-refractivity contribution in [1.29, 1.82) is 0 Å². The summed E-state index contributed by atoms with van der Waals surface area (Å²) in [5, 5.41) is 12.5. The predicted octanol–water partition coefficient (Wildman–Crippen LogP) is 6.16. The molecule has 0 saturated carbocycles. The van der Waals surface area contributed by atoms with Gasteiger partial charge in [-0.25, -0.2) is 48.7 Å². The second-order valence-electron chi connectivity index (χ2n) is 9.86. The van der Waals surface area contributed by atoms with Gasteiger partial charge < -0.3 is 15.4 Å². The van der Waals surface area contributed by atoms with E-state index in [1.807, 2.05) is 5.32 Å². The summed E-state index contributed by atoms with van der Waals surface area (Å²) in [5.41, 5.74) is -4.64. The lowest BCUT2D eigenvalue weighted by molar-refractivity contribution is -0.147. The van der Waals surface area contributed by atoms with E-state index in [4.69, 9.17) is 0 Å². The van der Waals surface area contributed by atoms with Gasteiger partial charge in [0.25, 0.3) is 0 Å². The number of halogens is 10. The first-order valence-electron chi connectivity index (χ1n) is 12.2. The van der Waals surface area contributed by atoms with Crippen molar-refractivity contribution in [2.45, 2.75) is 31.7 Å². The molecule has 5 nitrogen and oxygen atoms in total. The lowest BCUT2D eigenvalue weighted by atomic mass is 9.87. The highest BCUT2D eigenvalue weighted by Gasteiger charge is 2.40. The number of para-hydroxylation sites is 1. The van der Waals surface area contributed by atoms with Gasteiger partial charge in [0.1, 0.15) is 5.54 Å². The van der Waals surface area contributed by atoms with Crippen LogP contribution in [0.1, 0.15) is 23.6 Å². The number of benzene rings is 3. The number of hydrogen-bond acceptors (Lipinski definition) is 2. The average molecular weight is 620 g/mol. The van der Waals surface area contributed by atoms with Crippen LogP contribution in [0.15, 0.2) is 30.5 Å². The van der Waals surface area contributed by atoms with Gasteiger partial charge >= 0.3 is 5.97 Å². The molecular formula is C28H18F10N2O3. The molecule has 4 aromatic rings. The van der Waals surface area contributed by atoms with Crippen molar-refractivity contribution in [2.75, 3.05) is 0 Å². The number of amides is 1. The minimum absolute atomic E-state index is 0.344. The van der Waals surface area contributed by atoms with Gasteiger partial charge in [-0.3, -0.25) is 4.79 Å². The van der Waals surface area contributed by atoms with Crippen molar-refractivity contribution in [3.63, 3.8) is 0 Å². The Labute approximate surface area is 235 Å². The van der Waals surface area contributed by atoms with Crippen LogP contribution >= 0.6 is 0 Å².